The molecule has 0 aliphatic heterocycles. The van der Waals surface area contributed by atoms with Gasteiger partial charge in [-0.25, -0.2) is 17.5 Å². The van der Waals surface area contributed by atoms with Gasteiger partial charge < -0.3 is 5.73 Å². The molecule has 1 aromatic rings. The number of nitrogens with one attached hydrogen (secondary N) is 1. The minimum atomic E-state index is -3.50. The average Bonchev–Trinajstić information content (AvgIpc) is 2.18. The van der Waals surface area contributed by atoms with Gasteiger partial charge >= 0.3 is 0 Å². The summed E-state index contributed by atoms with van der Waals surface area (Å²) in [7, 11) is -3.50. The third kappa shape index (κ3) is 5.20. The Hall–Kier alpha value is -1.05. The van der Waals surface area contributed by atoms with Gasteiger partial charge in [-0.3, -0.25) is 0 Å². The molecular formula is C10H13FN2O2S2. The van der Waals surface area contributed by atoms with Crippen molar-refractivity contribution in [1.29, 1.82) is 0 Å². The van der Waals surface area contributed by atoms with E-state index in [2.05, 4.69) is 16.9 Å². The lowest BCUT2D eigenvalue weighted by Crippen LogP contribution is -2.33. The van der Waals surface area contributed by atoms with Crippen LogP contribution in [0.4, 0.5) is 4.39 Å². The predicted octanol–water partition coefficient (Wildman–Crippen LogP) is 0.574. The van der Waals surface area contributed by atoms with E-state index in [1.807, 2.05) is 0 Å². The Morgan fingerprint density at radius 3 is 2.65 bits per heavy atom. The number of nitrogens with two attached hydrogens (primary N) is 1. The van der Waals surface area contributed by atoms with Crippen LogP contribution in [0.3, 0.4) is 0 Å². The highest BCUT2D eigenvalue weighted by atomic mass is 32.2. The second-order valence-electron chi connectivity index (χ2n) is 3.46. The number of hydrogen-bond donors (Lipinski definition) is 2. The molecule has 0 aliphatic rings. The lowest BCUT2D eigenvalue weighted by molar-refractivity contribution is 0.581. The molecule has 0 radical (unpaired) electrons. The van der Waals surface area contributed by atoms with Crippen LogP contribution >= 0.6 is 12.2 Å². The smallest absolute Gasteiger partial charge is 0.218 e. The summed E-state index contributed by atoms with van der Waals surface area (Å²) in [6.07, 6.45) is 0.281. The Labute approximate surface area is 105 Å². The van der Waals surface area contributed by atoms with Crippen molar-refractivity contribution in [2.75, 3.05) is 12.3 Å². The number of benzene rings is 1. The molecule has 0 unspecified atom stereocenters. The zero-order valence-corrected chi connectivity index (χ0v) is 10.7. The van der Waals surface area contributed by atoms with Gasteiger partial charge in [0.05, 0.1) is 4.99 Å². The van der Waals surface area contributed by atoms with Crippen molar-refractivity contribution in [3.8, 4) is 0 Å². The van der Waals surface area contributed by atoms with Gasteiger partial charge in [0.15, 0.2) is 0 Å². The van der Waals surface area contributed by atoms with Gasteiger partial charge in [0.25, 0.3) is 0 Å². The molecule has 94 valence electrons. The Bertz CT molecular complexity index is 503. The first-order valence-corrected chi connectivity index (χ1v) is 6.96. The Kier molecular flexibility index (Phi) is 4.98. The van der Waals surface area contributed by atoms with Crippen LogP contribution in [0.1, 0.15) is 5.56 Å². The summed E-state index contributed by atoms with van der Waals surface area (Å²) >= 11 is 4.51. The minimum Gasteiger partial charge on any atom is -0.392 e. The summed E-state index contributed by atoms with van der Waals surface area (Å²) < 4.78 is 38.2. The molecule has 0 spiro atoms. The molecule has 4 nitrogen and oxygen atoms in total. The quantitative estimate of drug-likeness (QED) is 0.745. The van der Waals surface area contributed by atoms with E-state index in [4.69, 9.17) is 5.73 Å². The molecule has 0 amide bonds. The standard InChI is InChI=1S/C10H13FN2O2S2/c11-9-4-2-1-3-8(9)5-6-13-17(14,15)7-10(12)16/h1-4,13H,5-7H2,(H2,12,16). The summed E-state index contributed by atoms with van der Waals surface area (Å²) in [6, 6.07) is 6.22. The van der Waals surface area contributed by atoms with Crippen LogP contribution in [0.5, 0.6) is 0 Å². The highest BCUT2D eigenvalue weighted by Gasteiger charge is 2.11. The SMILES string of the molecule is NC(=S)CS(=O)(=O)NCCc1ccccc1F. The molecular weight excluding hydrogens is 263 g/mol. The van der Waals surface area contributed by atoms with Crippen LogP contribution in [0.2, 0.25) is 0 Å². The fraction of sp³-hybridized carbons (Fsp3) is 0.300. The molecule has 0 bridgehead atoms. The van der Waals surface area contributed by atoms with E-state index in [0.29, 0.717) is 5.56 Å². The zero-order chi connectivity index (χ0) is 12.9. The van der Waals surface area contributed by atoms with Crippen molar-refractivity contribution in [3.05, 3.63) is 35.6 Å². The van der Waals surface area contributed by atoms with E-state index in [1.165, 1.54) is 6.07 Å². The molecule has 0 atom stereocenters. The van der Waals surface area contributed by atoms with Gasteiger partial charge in [-0.05, 0) is 18.1 Å². The summed E-state index contributed by atoms with van der Waals surface area (Å²) in [5, 5.41) is 0. The van der Waals surface area contributed by atoms with Crippen LogP contribution in [-0.4, -0.2) is 25.7 Å². The van der Waals surface area contributed by atoms with Gasteiger partial charge in [-0.2, -0.15) is 0 Å². The predicted molar refractivity (Wildman–Crippen MR) is 68.7 cm³/mol. The largest absolute Gasteiger partial charge is 0.392 e. The lowest BCUT2D eigenvalue weighted by atomic mass is 10.1. The highest BCUT2D eigenvalue weighted by molar-refractivity contribution is 7.92. The van der Waals surface area contributed by atoms with E-state index in [9.17, 15) is 12.8 Å². The van der Waals surface area contributed by atoms with E-state index in [-0.39, 0.29) is 29.5 Å². The van der Waals surface area contributed by atoms with E-state index < -0.39 is 10.0 Å². The van der Waals surface area contributed by atoms with E-state index >= 15 is 0 Å². The first-order valence-electron chi connectivity index (χ1n) is 4.90. The van der Waals surface area contributed by atoms with Gasteiger partial charge in [-0.1, -0.05) is 30.4 Å². The topological polar surface area (TPSA) is 72.2 Å². The molecule has 0 aromatic heterocycles. The van der Waals surface area contributed by atoms with Crippen molar-refractivity contribution in [2.24, 2.45) is 5.73 Å². The first kappa shape index (κ1) is 14.0. The average molecular weight is 276 g/mol. The molecule has 1 aromatic carbocycles. The maximum Gasteiger partial charge on any atom is 0.218 e. The molecule has 0 aliphatic carbocycles. The Balaban J connectivity index is 2.48. The normalized spacial score (nSPS) is 11.4. The third-order valence-corrected chi connectivity index (χ3v) is 3.67. The van der Waals surface area contributed by atoms with Gasteiger partial charge in [0.1, 0.15) is 11.6 Å². The van der Waals surface area contributed by atoms with Crippen molar-refractivity contribution in [3.63, 3.8) is 0 Å². The van der Waals surface area contributed by atoms with Crippen LogP contribution in [0.25, 0.3) is 0 Å². The van der Waals surface area contributed by atoms with Gasteiger partial charge in [0, 0.05) is 6.54 Å². The van der Waals surface area contributed by atoms with Crippen LogP contribution in [0.15, 0.2) is 24.3 Å². The molecule has 0 fully saturated rings. The fourth-order valence-corrected chi connectivity index (χ4v) is 2.64. The molecule has 17 heavy (non-hydrogen) atoms. The molecule has 7 heteroatoms. The second-order valence-corrected chi connectivity index (χ2v) is 5.79. The number of thiocarbonyl (C=S) groups is 1. The van der Waals surface area contributed by atoms with Crippen molar-refractivity contribution in [2.45, 2.75) is 6.42 Å². The highest BCUT2D eigenvalue weighted by Crippen LogP contribution is 2.06. The summed E-state index contributed by atoms with van der Waals surface area (Å²) in [5.41, 5.74) is 5.60. The molecule has 3 N–H and O–H groups in total. The fourth-order valence-electron chi connectivity index (χ4n) is 1.28. The third-order valence-electron chi connectivity index (χ3n) is 2.01. The van der Waals surface area contributed by atoms with Crippen molar-refractivity contribution >= 4 is 27.2 Å². The molecule has 1 rings (SSSR count). The van der Waals surface area contributed by atoms with Gasteiger partial charge in [-0.15, -0.1) is 0 Å². The number of rotatable bonds is 6. The minimum absolute atomic E-state index is 0.0941. The van der Waals surface area contributed by atoms with Crippen molar-refractivity contribution in [1.82, 2.24) is 4.72 Å². The van der Waals surface area contributed by atoms with E-state index in [0.717, 1.165) is 0 Å². The molecule has 0 heterocycles. The zero-order valence-electron chi connectivity index (χ0n) is 9.02. The van der Waals surface area contributed by atoms with E-state index in [1.54, 1.807) is 18.2 Å². The van der Waals surface area contributed by atoms with Crippen LogP contribution in [0, 0.1) is 5.82 Å². The summed E-state index contributed by atoms with van der Waals surface area (Å²) in [5.74, 6) is -0.736. The second kappa shape index (κ2) is 6.04. The maximum atomic E-state index is 13.2. The van der Waals surface area contributed by atoms with Crippen LogP contribution in [-0.2, 0) is 16.4 Å². The number of hydrogen-bond acceptors (Lipinski definition) is 3. The summed E-state index contributed by atoms with van der Waals surface area (Å²) in [6.45, 7) is 0.117. The number of halogens is 1. The van der Waals surface area contributed by atoms with Gasteiger partial charge in [0.2, 0.25) is 10.0 Å². The number of sulfonamides is 1. The molecule has 0 saturated carbocycles. The van der Waals surface area contributed by atoms with Crippen LogP contribution < -0.4 is 10.5 Å². The monoisotopic (exact) mass is 276 g/mol. The summed E-state index contributed by atoms with van der Waals surface area (Å²) in [4.78, 5) is -0.0941. The Morgan fingerprint density at radius 1 is 1.41 bits per heavy atom. The molecule has 0 saturated heterocycles. The Morgan fingerprint density at radius 2 is 2.06 bits per heavy atom. The first-order chi connectivity index (χ1) is 7.91. The van der Waals surface area contributed by atoms with Crippen molar-refractivity contribution < 1.29 is 12.8 Å². The lowest BCUT2D eigenvalue weighted by Gasteiger charge is -2.06. The maximum absolute atomic E-state index is 13.2.